The fourth-order valence-corrected chi connectivity index (χ4v) is 1.95. The Kier molecular flexibility index (Phi) is 4.83. The zero-order valence-electron chi connectivity index (χ0n) is 9.46. The molecule has 0 aliphatic heterocycles. The lowest BCUT2D eigenvalue weighted by atomic mass is 10.0. The standard InChI is InChI=1S/C11H12BrNO5/c1-18-11(17)5-2-3-6(7(12)4-5)8(14)9(15)10(13)16/h2-4,8-9,14-15H,1H3,(H2,13,16). The molecule has 0 bridgehead atoms. The van der Waals surface area contributed by atoms with Crippen LogP contribution in [-0.4, -0.2) is 35.3 Å². The largest absolute Gasteiger partial charge is 0.465 e. The van der Waals surface area contributed by atoms with E-state index in [1.54, 1.807) is 0 Å². The second-order valence-corrected chi connectivity index (χ2v) is 4.37. The molecule has 0 spiro atoms. The number of rotatable bonds is 4. The van der Waals surface area contributed by atoms with Gasteiger partial charge in [-0.3, -0.25) is 4.79 Å². The molecule has 1 aromatic rings. The van der Waals surface area contributed by atoms with Crippen molar-refractivity contribution in [3.63, 3.8) is 0 Å². The Morgan fingerprint density at radius 1 is 1.39 bits per heavy atom. The number of hydrogen-bond donors (Lipinski definition) is 3. The van der Waals surface area contributed by atoms with Crippen LogP contribution in [0.25, 0.3) is 0 Å². The number of amides is 1. The number of nitrogens with two attached hydrogens (primary N) is 1. The van der Waals surface area contributed by atoms with Crippen LogP contribution < -0.4 is 5.73 Å². The Bertz CT molecular complexity index is 477. The van der Waals surface area contributed by atoms with E-state index in [1.807, 2.05) is 0 Å². The molecule has 1 rings (SSSR count). The highest BCUT2D eigenvalue weighted by molar-refractivity contribution is 9.10. The van der Waals surface area contributed by atoms with Crippen LogP contribution in [0.15, 0.2) is 22.7 Å². The molecule has 0 aliphatic carbocycles. The van der Waals surface area contributed by atoms with Gasteiger partial charge in [0.15, 0.2) is 6.10 Å². The SMILES string of the molecule is COC(=O)c1ccc(C(O)C(O)C(N)=O)c(Br)c1. The van der Waals surface area contributed by atoms with Crippen LogP contribution in [0.2, 0.25) is 0 Å². The van der Waals surface area contributed by atoms with Crippen molar-refractivity contribution in [2.24, 2.45) is 5.73 Å². The van der Waals surface area contributed by atoms with Gasteiger partial charge in [-0.2, -0.15) is 0 Å². The van der Waals surface area contributed by atoms with Crippen molar-refractivity contribution in [2.45, 2.75) is 12.2 Å². The molecular weight excluding hydrogens is 306 g/mol. The van der Waals surface area contributed by atoms with E-state index in [-0.39, 0.29) is 11.1 Å². The molecule has 2 unspecified atom stereocenters. The maximum Gasteiger partial charge on any atom is 0.337 e. The van der Waals surface area contributed by atoms with Crippen molar-refractivity contribution < 1.29 is 24.5 Å². The van der Waals surface area contributed by atoms with Crippen molar-refractivity contribution in [1.29, 1.82) is 0 Å². The minimum atomic E-state index is -1.72. The van der Waals surface area contributed by atoms with Gasteiger partial charge in [-0.05, 0) is 17.7 Å². The van der Waals surface area contributed by atoms with Gasteiger partial charge in [0.1, 0.15) is 6.10 Å². The Morgan fingerprint density at radius 3 is 2.44 bits per heavy atom. The second kappa shape index (κ2) is 5.94. The van der Waals surface area contributed by atoms with E-state index in [0.717, 1.165) is 0 Å². The lowest BCUT2D eigenvalue weighted by Crippen LogP contribution is -2.34. The average molecular weight is 318 g/mol. The van der Waals surface area contributed by atoms with E-state index in [2.05, 4.69) is 20.7 Å². The third-order valence-electron chi connectivity index (χ3n) is 2.33. The van der Waals surface area contributed by atoms with Crippen molar-refractivity contribution in [2.75, 3.05) is 7.11 Å². The predicted molar refractivity (Wildman–Crippen MR) is 65.6 cm³/mol. The summed E-state index contributed by atoms with van der Waals surface area (Å²) in [4.78, 5) is 22.0. The molecule has 2 atom stereocenters. The van der Waals surface area contributed by atoms with Gasteiger partial charge in [-0.25, -0.2) is 4.79 Å². The van der Waals surface area contributed by atoms with E-state index in [9.17, 15) is 19.8 Å². The van der Waals surface area contributed by atoms with Gasteiger partial charge in [-0.1, -0.05) is 22.0 Å². The summed E-state index contributed by atoms with van der Waals surface area (Å²) in [5.74, 6) is -1.57. The zero-order chi connectivity index (χ0) is 13.9. The number of methoxy groups -OCH3 is 1. The van der Waals surface area contributed by atoms with E-state index in [0.29, 0.717) is 4.47 Å². The van der Waals surface area contributed by atoms with Gasteiger partial charge in [0.2, 0.25) is 5.91 Å². The summed E-state index contributed by atoms with van der Waals surface area (Å²) < 4.78 is 4.89. The molecule has 0 saturated carbocycles. The van der Waals surface area contributed by atoms with Gasteiger partial charge >= 0.3 is 5.97 Å². The number of hydrogen-bond acceptors (Lipinski definition) is 5. The fourth-order valence-electron chi connectivity index (χ4n) is 1.34. The lowest BCUT2D eigenvalue weighted by Gasteiger charge is -2.17. The van der Waals surface area contributed by atoms with E-state index in [4.69, 9.17) is 5.73 Å². The molecule has 1 aromatic carbocycles. The first-order valence-electron chi connectivity index (χ1n) is 4.91. The molecule has 0 radical (unpaired) electrons. The zero-order valence-corrected chi connectivity index (χ0v) is 11.0. The van der Waals surface area contributed by atoms with Crippen LogP contribution in [0, 0.1) is 0 Å². The number of primary amides is 1. The minimum Gasteiger partial charge on any atom is -0.465 e. The lowest BCUT2D eigenvalue weighted by molar-refractivity contribution is -0.132. The molecule has 0 aromatic heterocycles. The number of carbonyl (C=O) groups is 2. The Balaban J connectivity index is 3.06. The van der Waals surface area contributed by atoms with Crippen molar-refractivity contribution in [3.05, 3.63) is 33.8 Å². The first-order chi connectivity index (χ1) is 8.38. The fraction of sp³-hybridized carbons (Fsp3) is 0.273. The topological polar surface area (TPSA) is 110 Å². The van der Waals surface area contributed by atoms with Crippen LogP contribution in [0.1, 0.15) is 22.0 Å². The number of aliphatic hydroxyl groups is 2. The smallest absolute Gasteiger partial charge is 0.337 e. The summed E-state index contributed by atoms with van der Waals surface area (Å²) in [6.07, 6.45) is -3.19. The van der Waals surface area contributed by atoms with E-state index < -0.39 is 24.1 Å². The van der Waals surface area contributed by atoms with Crippen LogP contribution in [0.3, 0.4) is 0 Å². The van der Waals surface area contributed by atoms with Crippen LogP contribution in [-0.2, 0) is 9.53 Å². The summed E-state index contributed by atoms with van der Waals surface area (Å²) in [5, 5.41) is 19.1. The van der Waals surface area contributed by atoms with E-state index >= 15 is 0 Å². The van der Waals surface area contributed by atoms with Crippen molar-refractivity contribution in [3.8, 4) is 0 Å². The first-order valence-corrected chi connectivity index (χ1v) is 5.71. The highest BCUT2D eigenvalue weighted by Crippen LogP contribution is 2.27. The summed E-state index contributed by atoms with van der Waals surface area (Å²) in [6, 6.07) is 4.22. The van der Waals surface area contributed by atoms with Gasteiger partial charge in [0, 0.05) is 4.47 Å². The average Bonchev–Trinajstić information content (AvgIpc) is 2.35. The summed E-state index contributed by atoms with van der Waals surface area (Å²) in [5.41, 5.74) is 5.40. The molecule has 18 heavy (non-hydrogen) atoms. The maximum absolute atomic E-state index is 11.3. The molecule has 0 heterocycles. The molecule has 1 amide bonds. The third-order valence-corrected chi connectivity index (χ3v) is 3.02. The maximum atomic E-state index is 11.3. The van der Waals surface area contributed by atoms with Gasteiger partial charge < -0.3 is 20.7 Å². The number of aliphatic hydroxyl groups excluding tert-OH is 2. The molecule has 98 valence electrons. The molecule has 0 saturated heterocycles. The van der Waals surface area contributed by atoms with Crippen LogP contribution in [0.4, 0.5) is 0 Å². The van der Waals surface area contributed by atoms with Gasteiger partial charge in [0.25, 0.3) is 0 Å². The minimum absolute atomic E-state index is 0.244. The Labute approximate surface area is 111 Å². The summed E-state index contributed by atoms with van der Waals surface area (Å²) in [6.45, 7) is 0. The first kappa shape index (κ1) is 14.6. The van der Waals surface area contributed by atoms with Crippen LogP contribution in [0.5, 0.6) is 0 Å². The Hall–Kier alpha value is -1.44. The highest BCUT2D eigenvalue weighted by atomic mass is 79.9. The van der Waals surface area contributed by atoms with Crippen molar-refractivity contribution in [1.82, 2.24) is 0 Å². The van der Waals surface area contributed by atoms with Gasteiger partial charge in [0.05, 0.1) is 12.7 Å². The molecule has 4 N–H and O–H groups in total. The number of ether oxygens (including phenoxy) is 1. The quantitative estimate of drug-likeness (QED) is 0.683. The number of carbonyl (C=O) groups excluding carboxylic acids is 2. The second-order valence-electron chi connectivity index (χ2n) is 3.52. The molecule has 7 heteroatoms. The van der Waals surface area contributed by atoms with E-state index in [1.165, 1.54) is 25.3 Å². The number of esters is 1. The molecule has 0 fully saturated rings. The van der Waals surface area contributed by atoms with Crippen molar-refractivity contribution >= 4 is 27.8 Å². The molecular formula is C11H12BrNO5. The molecule has 6 nitrogen and oxygen atoms in total. The highest BCUT2D eigenvalue weighted by Gasteiger charge is 2.25. The Morgan fingerprint density at radius 2 is 2.00 bits per heavy atom. The molecule has 0 aliphatic rings. The monoisotopic (exact) mass is 317 g/mol. The number of benzene rings is 1. The predicted octanol–water partition coefficient (Wildman–Crippen LogP) is 0.115. The van der Waals surface area contributed by atoms with Crippen LogP contribution >= 0.6 is 15.9 Å². The summed E-state index contributed by atoms with van der Waals surface area (Å²) >= 11 is 3.13. The van der Waals surface area contributed by atoms with Gasteiger partial charge in [-0.15, -0.1) is 0 Å². The third kappa shape index (κ3) is 3.06. The normalized spacial score (nSPS) is 13.8. The summed E-state index contributed by atoms with van der Waals surface area (Å²) in [7, 11) is 1.25. The number of halogens is 1.